The molecule has 0 saturated carbocycles. The summed E-state index contributed by atoms with van der Waals surface area (Å²) in [6.45, 7) is 13.4. The largest absolute Gasteiger partial charge is 0.362 e. The van der Waals surface area contributed by atoms with Crippen molar-refractivity contribution in [1.82, 2.24) is 5.32 Å². The monoisotopic (exact) mass is 689 g/mol. The van der Waals surface area contributed by atoms with Gasteiger partial charge in [0.15, 0.2) is 0 Å². The number of rotatable bonds is 10. The van der Waals surface area contributed by atoms with Crippen molar-refractivity contribution in [3.05, 3.63) is 230 Å². The van der Waals surface area contributed by atoms with E-state index in [1.165, 1.54) is 72.5 Å². The predicted molar refractivity (Wildman–Crippen MR) is 225 cm³/mol. The van der Waals surface area contributed by atoms with E-state index < -0.39 is 0 Å². The fourth-order valence-corrected chi connectivity index (χ4v) is 9.45. The van der Waals surface area contributed by atoms with Crippen LogP contribution in [0.3, 0.4) is 0 Å². The van der Waals surface area contributed by atoms with Crippen molar-refractivity contribution in [3.8, 4) is 0 Å². The molecule has 1 heteroatoms. The highest BCUT2D eigenvalue weighted by Crippen LogP contribution is 2.60. The van der Waals surface area contributed by atoms with E-state index in [1.54, 1.807) is 0 Å². The van der Waals surface area contributed by atoms with Crippen molar-refractivity contribution in [2.45, 2.75) is 71.1 Å². The van der Waals surface area contributed by atoms with Crippen LogP contribution >= 0.6 is 0 Å². The molecule has 0 bridgehead atoms. The number of nitrogens with one attached hydrogen (secondary N) is 1. The first-order valence-electron chi connectivity index (χ1n) is 19.5. The minimum absolute atomic E-state index is 0.332. The Morgan fingerprint density at radius 3 is 2.32 bits per heavy atom. The summed E-state index contributed by atoms with van der Waals surface area (Å²) < 4.78 is 0. The van der Waals surface area contributed by atoms with Crippen LogP contribution in [-0.2, 0) is 5.41 Å². The highest BCUT2D eigenvalue weighted by atomic mass is 14.9. The molecule has 3 aromatic rings. The van der Waals surface area contributed by atoms with E-state index in [1.807, 2.05) is 0 Å². The molecule has 0 spiro atoms. The first kappa shape index (κ1) is 34.7. The molecule has 3 aromatic carbocycles. The van der Waals surface area contributed by atoms with Crippen LogP contribution in [0.2, 0.25) is 0 Å². The molecule has 0 heterocycles. The van der Waals surface area contributed by atoms with Crippen LogP contribution in [0, 0.1) is 12.8 Å². The van der Waals surface area contributed by atoms with Crippen molar-refractivity contribution in [2.75, 3.05) is 0 Å². The second-order valence-electron chi connectivity index (χ2n) is 15.5. The molecule has 0 amide bonds. The maximum absolute atomic E-state index is 4.42. The molecular formula is C52H51N. The van der Waals surface area contributed by atoms with Crippen molar-refractivity contribution in [3.63, 3.8) is 0 Å². The summed E-state index contributed by atoms with van der Waals surface area (Å²) in [5, 5.41) is 3.82. The van der Waals surface area contributed by atoms with E-state index in [4.69, 9.17) is 0 Å². The maximum atomic E-state index is 4.42. The molecule has 0 aliphatic heterocycles. The molecule has 53 heavy (non-hydrogen) atoms. The van der Waals surface area contributed by atoms with Crippen molar-refractivity contribution >= 4 is 6.08 Å². The molecule has 5 aliphatic carbocycles. The third-order valence-electron chi connectivity index (χ3n) is 12.1. The summed E-state index contributed by atoms with van der Waals surface area (Å²) >= 11 is 0. The Morgan fingerprint density at radius 2 is 1.64 bits per heavy atom. The summed E-state index contributed by atoms with van der Waals surface area (Å²) in [5.74, 6) is 0.891. The van der Waals surface area contributed by atoms with Gasteiger partial charge in [0.05, 0.1) is 5.41 Å². The van der Waals surface area contributed by atoms with E-state index in [0.717, 1.165) is 43.4 Å². The topological polar surface area (TPSA) is 12.0 Å². The third-order valence-corrected chi connectivity index (χ3v) is 12.1. The van der Waals surface area contributed by atoms with Gasteiger partial charge < -0.3 is 5.32 Å². The van der Waals surface area contributed by atoms with Crippen LogP contribution in [0.15, 0.2) is 202 Å². The molecule has 2 unspecified atom stereocenters. The van der Waals surface area contributed by atoms with Crippen LogP contribution in [0.1, 0.15) is 86.6 Å². The lowest BCUT2D eigenvalue weighted by atomic mass is 9.64. The van der Waals surface area contributed by atoms with Gasteiger partial charge in [-0.3, -0.25) is 0 Å². The molecule has 1 nitrogen and oxygen atoms in total. The Bertz CT molecular complexity index is 2230. The second kappa shape index (κ2) is 14.6. The van der Waals surface area contributed by atoms with E-state index in [9.17, 15) is 0 Å². The summed E-state index contributed by atoms with van der Waals surface area (Å²) in [6, 6.07) is 29.3. The highest BCUT2D eigenvalue weighted by Gasteiger charge is 2.50. The zero-order chi connectivity index (χ0) is 36.5. The van der Waals surface area contributed by atoms with E-state index in [2.05, 4.69) is 185 Å². The van der Waals surface area contributed by atoms with Gasteiger partial charge in [0.1, 0.15) is 0 Å². The molecule has 0 fully saturated rings. The zero-order valence-corrected chi connectivity index (χ0v) is 31.8. The molecule has 5 aliphatic rings. The lowest BCUT2D eigenvalue weighted by molar-refractivity contribution is 0.697. The fraction of sp³-hybridized carbons (Fsp3) is 0.231. The van der Waals surface area contributed by atoms with Crippen LogP contribution in [0.5, 0.6) is 0 Å². The van der Waals surface area contributed by atoms with Gasteiger partial charge in [0.25, 0.3) is 0 Å². The molecule has 1 N–H and O–H groups in total. The number of benzene rings is 3. The van der Waals surface area contributed by atoms with E-state index in [0.29, 0.717) is 11.8 Å². The first-order chi connectivity index (χ1) is 25.8. The average Bonchev–Trinajstić information content (AvgIpc) is 3.89. The van der Waals surface area contributed by atoms with Crippen molar-refractivity contribution < 1.29 is 0 Å². The van der Waals surface area contributed by atoms with E-state index in [-0.39, 0.29) is 5.41 Å². The normalized spacial score (nSPS) is 21.0. The molecule has 0 radical (unpaired) electrons. The lowest BCUT2D eigenvalue weighted by Crippen LogP contribution is -2.31. The Hall–Kier alpha value is -5.40. The number of fused-ring (bicyclic) bond motifs is 1. The Balaban J connectivity index is 1.08. The lowest BCUT2D eigenvalue weighted by Gasteiger charge is -2.38. The van der Waals surface area contributed by atoms with Crippen molar-refractivity contribution in [1.29, 1.82) is 0 Å². The summed E-state index contributed by atoms with van der Waals surface area (Å²) in [4.78, 5) is 0. The highest BCUT2D eigenvalue weighted by molar-refractivity contribution is 5.77. The Morgan fingerprint density at radius 1 is 0.887 bits per heavy atom. The maximum Gasteiger partial charge on any atom is 0.0677 e. The fourth-order valence-electron chi connectivity index (χ4n) is 9.45. The zero-order valence-electron chi connectivity index (χ0n) is 31.8. The number of hydrogen-bond acceptors (Lipinski definition) is 1. The molecule has 0 saturated heterocycles. The molecular weight excluding hydrogens is 639 g/mol. The quantitative estimate of drug-likeness (QED) is 0.209. The first-order valence-corrected chi connectivity index (χ1v) is 19.5. The summed E-state index contributed by atoms with van der Waals surface area (Å²) in [6.07, 6.45) is 30.4. The van der Waals surface area contributed by atoms with Gasteiger partial charge in [-0.05, 0) is 131 Å². The minimum atomic E-state index is -0.332. The minimum Gasteiger partial charge on any atom is -0.362 e. The number of allylic oxidation sites excluding steroid dienone is 20. The van der Waals surface area contributed by atoms with Crippen LogP contribution < -0.4 is 5.32 Å². The predicted octanol–water partition coefficient (Wildman–Crippen LogP) is 13.2. The average molecular weight is 690 g/mol. The van der Waals surface area contributed by atoms with Gasteiger partial charge in [0.2, 0.25) is 0 Å². The second-order valence-corrected chi connectivity index (χ2v) is 15.5. The van der Waals surface area contributed by atoms with Gasteiger partial charge >= 0.3 is 0 Å². The van der Waals surface area contributed by atoms with Crippen molar-refractivity contribution in [2.24, 2.45) is 5.92 Å². The number of aryl methyl sites for hydroxylation is 1. The van der Waals surface area contributed by atoms with Gasteiger partial charge in [-0.1, -0.05) is 160 Å². The SMILES string of the molecule is C=C(/C=C\c1ccc(C)c(C(C)C2=CC=CC2C)c1)/C=C(\C)NC1=CC2=C(CC1)C1=C(CC(C3=CC=CCC3)=C1)C2(c1ccccc1)c1ccccc1. The molecule has 8 rings (SSSR count). The standard InChI is InChI=1S/C52H51N/c1-35(24-26-40-27-25-37(3)48(31-40)39(5)46-23-15-16-36(46)2)30-38(4)53-45-28-29-47-49-32-42(41-17-9-6-10-18-41)33-50(49)52(51(47)34-45,43-19-11-7-12-20-43)44-21-13-8-14-22-44/h6-9,11-17,19-27,30-32,34,36,39,53H,1,10,18,28-29,33H2,2-5H3/b26-24-,38-30+. The van der Waals surface area contributed by atoms with Gasteiger partial charge in [-0.2, -0.15) is 0 Å². The van der Waals surface area contributed by atoms with Gasteiger partial charge in [-0.25, -0.2) is 0 Å². The molecule has 2 atom stereocenters. The van der Waals surface area contributed by atoms with Crippen LogP contribution in [-0.4, -0.2) is 0 Å². The number of hydrogen-bond donors (Lipinski definition) is 1. The summed E-state index contributed by atoms with van der Waals surface area (Å²) in [5.41, 5.74) is 20.1. The van der Waals surface area contributed by atoms with Crippen LogP contribution in [0.25, 0.3) is 6.08 Å². The summed E-state index contributed by atoms with van der Waals surface area (Å²) in [7, 11) is 0. The van der Waals surface area contributed by atoms with E-state index >= 15 is 0 Å². The third kappa shape index (κ3) is 6.48. The Kier molecular flexibility index (Phi) is 9.52. The molecule has 0 aromatic heterocycles. The van der Waals surface area contributed by atoms with Gasteiger partial charge in [-0.15, -0.1) is 0 Å². The Labute approximate surface area is 317 Å². The van der Waals surface area contributed by atoms with Gasteiger partial charge in [0, 0.05) is 17.3 Å². The molecule has 264 valence electrons. The smallest absolute Gasteiger partial charge is 0.0677 e. The van der Waals surface area contributed by atoms with Crippen LogP contribution in [0.4, 0.5) is 0 Å².